The average Bonchev–Trinajstić information content (AvgIpc) is 3.08. The molecule has 4 rings (SSSR count). The second-order valence-corrected chi connectivity index (χ2v) is 8.85. The maximum Gasteiger partial charge on any atom is 0.312 e. The fraction of sp³-hybridized carbons (Fsp3) is 0.333. The number of carbonyl (C=O) groups is 1. The molecule has 0 spiro atoms. The van der Waals surface area contributed by atoms with E-state index in [0.29, 0.717) is 61.2 Å². The van der Waals surface area contributed by atoms with Crippen LogP contribution in [0.5, 0.6) is 0 Å². The fourth-order valence-corrected chi connectivity index (χ4v) is 4.49. The molecule has 2 aromatic carbocycles. The van der Waals surface area contributed by atoms with E-state index in [9.17, 15) is 19.3 Å². The molecular formula is C24H25ClFN5O3. The van der Waals surface area contributed by atoms with Crippen LogP contribution in [0, 0.1) is 29.8 Å². The summed E-state index contributed by atoms with van der Waals surface area (Å²) < 4.78 is 14.9. The zero-order chi connectivity index (χ0) is 24.4. The summed E-state index contributed by atoms with van der Waals surface area (Å²) in [6, 6.07) is 11.7. The summed E-state index contributed by atoms with van der Waals surface area (Å²) in [5, 5.41) is 16.0. The summed E-state index contributed by atoms with van der Waals surface area (Å²) in [5.41, 5.74) is 3.15. The van der Waals surface area contributed by atoms with E-state index in [4.69, 9.17) is 11.6 Å². The van der Waals surface area contributed by atoms with Crippen molar-refractivity contribution in [2.45, 2.75) is 26.9 Å². The molecule has 1 amide bonds. The van der Waals surface area contributed by atoms with Gasteiger partial charge in [0.1, 0.15) is 17.2 Å². The standard InChI is InChI=1S/C24H25ClFN5O3/c1-16-23(31(33)34)17(2)30(27-16)14-18-4-3-5-19(12-18)24(32)29-10-8-28(9-11-29)15-20-6-7-21(26)13-22(20)25/h3-7,12-13H,8-11,14-15H2,1-2H3. The number of halogens is 2. The van der Waals surface area contributed by atoms with Crippen molar-refractivity contribution in [3.05, 3.63) is 91.5 Å². The third kappa shape index (κ3) is 5.10. The van der Waals surface area contributed by atoms with Crippen LogP contribution in [0.2, 0.25) is 5.02 Å². The van der Waals surface area contributed by atoms with Gasteiger partial charge in [-0.3, -0.25) is 24.5 Å². The van der Waals surface area contributed by atoms with Crippen LogP contribution in [0.1, 0.15) is 32.9 Å². The summed E-state index contributed by atoms with van der Waals surface area (Å²) in [7, 11) is 0. The zero-order valence-electron chi connectivity index (χ0n) is 19.0. The molecule has 8 nitrogen and oxygen atoms in total. The van der Waals surface area contributed by atoms with E-state index in [2.05, 4.69) is 10.00 Å². The first-order valence-electron chi connectivity index (χ1n) is 11.0. The highest BCUT2D eigenvalue weighted by atomic mass is 35.5. The van der Waals surface area contributed by atoms with E-state index in [0.717, 1.165) is 11.1 Å². The van der Waals surface area contributed by atoms with Gasteiger partial charge in [-0.25, -0.2) is 4.39 Å². The highest BCUT2D eigenvalue weighted by Gasteiger charge is 2.24. The molecule has 0 N–H and O–H groups in total. The number of hydrogen-bond donors (Lipinski definition) is 0. The van der Waals surface area contributed by atoms with Gasteiger partial charge >= 0.3 is 5.69 Å². The Morgan fingerprint density at radius 2 is 1.85 bits per heavy atom. The lowest BCUT2D eigenvalue weighted by atomic mass is 10.1. The number of benzene rings is 2. The van der Waals surface area contributed by atoms with E-state index >= 15 is 0 Å². The van der Waals surface area contributed by atoms with Gasteiger partial charge < -0.3 is 4.90 Å². The molecule has 0 unspecified atom stereocenters. The molecule has 178 valence electrons. The molecule has 2 heterocycles. The van der Waals surface area contributed by atoms with Gasteiger partial charge in [0, 0.05) is 43.3 Å². The second-order valence-electron chi connectivity index (χ2n) is 8.44. The number of amides is 1. The molecular weight excluding hydrogens is 461 g/mol. The van der Waals surface area contributed by atoms with Gasteiger partial charge in [0.2, 0.25) is 0 Å². The third-order valence-corrected chi connectivity index (χ3v) is 6.45. The monoisotopic (exact) mass is 485 g/mol. The fourth-order valence-electron chi connectivity index (χ4n) is 4.26. The Balaban J connectivity index is 1.39. The van der Waals surface area contributed by atoms with Gasteiger partial charge in [0.25, 0.3) is 5.91 Å². The van der Waals surface area contributed by atoms with Crippen LogP contribution in [0.25, 0.3) is 0 Å². The summed E-state index contributed by atoms with van der Waals surface area (Å²) in [6.45, 7) is 6.76. The number of aromatic nitrogens is 2. The molecule has 1 saturated heterocycles. The van der Waals surface area contributed by atoms with Crippen molar-refractivity contribution in [3.8, 4) is 0 Å². The summed E-state index contributed by atoms with van der Waals surface area (Å²) in [5.74, 6) is -0.414. The zero-order valence-corrected chi connectivity index (χ0v) is 19.8. The molecule has 0 radical (unpaired) electrons. The normalized spacial score (nSPS) is 14.4. The molecule has 1 fully saturated rings. The van der Waals surface area contributed by atoms with Crippen molar-refractivity contribution in [2.24, 2.45) is 0 Å². The number of hydrogen-bond acceptors (Lipinski definition) is 5. The lowest BCUT2D eigenvalue weighted by Crippen LogP contribution is -2.48. The topological polar surface area (TPSA) is 84.5 Å². The minimum atomic E-state index is -0.419. The second kappa shape index (κ2) is 9.90. The van der Waals surface area contributed by atoms with E-state index < -0.39 is 4.92 Å². The third-order valence-electron chi connectivity index (χ3n) is 6.10. The molecule has 0 bridgehead atoms. The molecule has 1 aliphatic rings. The molecule has 3 aromatic rings. The van der Waals surface area contributed by atoms with Gasteiger partial charge in [-0.2, -0.15) is 5.10 Å². The first-order valence-corrected chi connectivity index (χ1v) is 11.3. The van der Waals surface area contributed by atoms with Gasteiger partial charge in [-0.1, -0.05) is 29.8 Å². The number of carbonyl (C=O) groups excluding carboxylic acids is 1. The summed E-state index contributed by atoms with van der Waals surface area (Å²) in [4.78, 5) is 28.0. The van der Waals surface area contributed by atoms with Gasteiger partial charge in [-0.05, 0) is 49.2 Å². The van der Waals surface area contributed by atoms with Crippen molar-refractivity contribution in [2.75, 3.05) is 26.2 Å². The molecule has 0 saturated carbocycles. The molecule has 0 atom stereocenters. The Kier molecular flexibility index (Phi) is 6.95. The predicted molar refractivity (Wildman–Crippen MR) is 126 cm³/mol. The van der Waals surface area contributed by atoms with Crippen LogP contribution in [-0.4, -0.2) is 56.6 Å². The Bertz CT molecular complexity index is 1240. The minimum absolute atomic E-state index is 0.0204. The van der Waals surface area contributed by atoms with Crippen molar-refractivity contribution in [1.82, 2.24) is 19.6 Å². The minimum Gasteiger partial charge on any atom is -0.336 e. The Morgan fingerprint density at radius 3 is 2.50 bits per heavy atom. The van der Waals surface area contributed by atoms with Gasteiger partial charge in [-0.15, -0.1) is 0 Å². The Labute approximate surface area is 201 Å². The molecule has 1 aromatic heterocycles. The van der Waals surface area contributed by atoms with Gasteiger partial charge in [0.05, 0.1) is 11.5 Å². The first-order chi connectivity index (χ1) is 16.2. The van der Waals surface area contributed by atoms with Gasteiger partial charge in [0.15, 0.2) is 0 Å². The Hall–Kier alpha value is -3.30. The van der Waals surface area contributed by atoms with E-state index in [1.165, 1.54) is 12.1 Å². The number of aryl methyl sites for hydroxylation is 1. The van der Waals surface area contributed by atoms with Crippen LogP contribution in [0.4, 0.5) is 10.1 Å². The predicted octanol–water partition coefficient (Wildman–Crippen LogP) is 4.21. The molecule has 10 heteroatoms. The van der Waals surface area contributed by atoms with Crippen LogP contribution in [0.15, 0.2) is 42.5 Å². The quantitative estimate of drug-likeness (QED) is 0.386. The average molecular weight is 486 g/mol. The summed E-state index contributed by atoms with van der Waals surface area (Å²) in [6.07, 6.45) is 0. The van der Waals surface area contributed by atoms with Crippen LogP contribution < -0.4 is 0 Å². The first kappa shape index (κ1) is 23.8. The number of nitrogens with zero attached hydrogens (tertiary/aromatic N) is 5. The van der Waals surface area contributed by atoms with Crippen LogP contribution in [0.3, 0.4) is 0 Å². The lowest BCUT2D eigenvalue weighted by molar-refractivity contribution is -0.386. The molecule has 0 aliphatic carbocycles. The number of nitro groups is 1. The SMILES string of the molecule is Cc1nn(Cc2cccc(C(=O)N3CCN(Cc4ccc(F)cc4Cl)CC3)c2)c(C)c1[N+](=O)[O-]. The maximum atomic E-state index is 13.3. The van der Waals surface area contributed by atoms with Crippen molar-refractivity contribution < 1.29 is 14.1 Å². The van der Waals surface area contributed by atoms with Crippen molar-refractivity contribution in [1.29, 1.82) is 0 Å². The largest absolute Gasteiger partial charge is 0.336 e. The Morgan fingerprint density at radius 1 is 1.12 bits per heavy atom. The maximum absolute atomic E-state index is 13.3. The number of rotatable bonds is 6. The van der Waals surface area contributed by atoms with Crippen molar-refractivity contribution >= 4 is 23.2 Å². The number of piperazine rings is 1. The van der Waals surface area contributed by atoms with E-state index in [1.54, 1.807) is 30.7 Å². The van der Waals surface area contributed by atoms with Crippen LogP contribution >= 0.6 is 11.6 Å². The molecule has 1 aliphatic heterocycles. The van der Waals surface area contributed by atoms with E-state index in [1.807, 2.05) is 23.1 Å². The van der Waals surface area contributed by atoms with E-state index in [-0.39, 0.29) is 17.4 Å². The lowest BCUT2D eigenvalue weighted by Gasteiger charge is -2.35. The van der Waals surface area contributed by atoms with Crippen molar-refractivity contribution in [3.63, 3.8) is 0 Å². The molecule has 34 heavy (non-hydrogen) atoms. The summed E-state index contributed by atoms with van der Waals surface area (Å²) >= 11 is 6.15. The van der Waals surface area contributed by atoms with Crippen LogP contribution in [-0.2, 0) is 13.1 Å². The smallest absolute Gasteiger partial charge is 0.312 e. The highest BCUT2D eigenvalue weighted by Crippen LogP contribution is 2.23. The highest BCUT2D eigenvalue weighted by molar-refractivity contribution is 6.31.